The first-order valence-corrected chi connectivity index (χ1v) is 24.9. The first-order chi connectivity index (χ1) is 31.2. The average Bonchev–Trinajstić information content (AvgIpc) is 3.67. The van der Waals surface area contributed by atoms with E-state index in [0.717, 1.165) is 37.7 Å². The summed E-state index contributed by atoms with van der Waals surface area (Å²) >= 11 is 0. The summed E-state index contributed by atoms with van der Waals surface area (Å²) in [5, 5.41) is 87.4. The quantitative estimate of drug-likeness (QED) is 0.0234. The van der Waals surface area contributed by atoms with Crippen molar-refractivity contribution < 1.29 is 74.1 Å². The summed E-state index contributed by atoms with van der Waals surface area (Å²) in [7, 11) is 3.02. The van der Waals surface area contributed by atoms with Crippen molar-refractivity contribution in [2.24, 2.45) is 34.4 Å². The van der Waals surface area contributed by atoms with Crippen molar-refractivity contribution in [3.63, 3.8) is 0 Å². The van der Waals surface area contributed by atoms with Crippen LogP contribution in [0.4, 0.5) is 0 Å². The summed E-state index contributed by atoms with van der Waals surface area (Å²) in [5.74, 6) is -6.12. The number of carbonyl (C=O) groups excluding carboxylic acids is 1. The van der Waals surface area contributed by atoms with Crippen LogP contribution in [0.3, 0.4) is 0 Å². The summed E-state index contributed by atoms with van der Waals surface area (Å²) in [4.78, 5) is 33.7. The molecule has 4 heterocycles. The molecule has 6 rings (SSSR count). The Kier molecular flexibility index (Phi) is 18.7. The highest BCUT2D eigenvalue weighted by atomic mass is 33.1. The number of nitrogens with zero attached hydrogens (tertiary/aromatic N) is 2. The molecule has 0 aromatic rings. The number of hydrogen-bond acceptors (Lipinski definition) is 18. The van der Waals surface area contributed by atoms with Gasteiger partial charge in [0.05, 0.1) is 54.4 Å². The number of carbonyl (C=O) groups is 2. The molecule has 2 saturated carbocycles. The number of allylic oxidation sites excluding steroid dienone is 2. The van der Waals surface area contributed by atoms with Gasteiger partial charge in [-0.3, -0.25) is 4.99 Å². The first kappa shape index (κ1) is 51.2. The lowest BCUT2D eigenvalue weighted by molar-refractivity contribution is -0.413. The van der Waals surface area contributed by atoms with Gasteiger partial charge in [-0.1, -0.05) is 51.8 Å². The maximum Gasteiger partial charge on any atom is 0.339 e. The highest BCUT2D eigenvalue weighted by Gasteiger charge is 2.58. The van der Waals surface area contributed by atoms with E-state index >= 15 is 0 Å². The number of aliphatic hydroxyl groups excluding tert-OH is 5. The maximum atomic E-state index is 14.7. The van der Waals surface area contributed by atoms with Crippen LogP contribution in [0.1, 0.15) is 65.2 Å². The second kappa shape index (κ2) is 23.7. The van der Waals surface area contributed by atoms with Gasteiger partial charge < -0.3 is 80.5 Å². The largest absolute Gasteiger partial charge is 0.478 e. The highest BCUT2D eigenvalue weighted by molar-refractivity contribution is 8.76. The zero-order valence-corrected chi connectivity index (χ0v) is 38.5. The van der Waals surface area contributed by atoms with Crippen molar-refractivity contribution in [3.8, 4) is 0 Å². The van der Waals surface area contributed by atoms with E-state index in [2.05, 4.69) is 10.3 Å². The molecule has 4 aliphatic heterocycles. The molecule has 0 aromatic carbocycles. The molecule has 0 aromatic heterocycles. The van der Waals surface area contributed by atoms with Gasteiger partial charge in [0.2, 0.25) is 12.1 Å². The van der Waals surface area contributed by atoms with Gasteiger partial charge in [-0.15, -0.1) is 0 Å². The third kappa shape index (κ3) is 12.5. The fourth-order valence-corrected chi connectivity index (χ4v) is 12.0. The normalized spacial score (nSPS) is 34.2. The summed E-state index contributed by atoms with van der Waals surface area (Å²) in [6, 6.07) is -0.524. The van der Waals surface area contributed by atoms with Crippen molar-refractivity contribution in [2.75, 3.05) is 51.0 Å². The van der Waals surface area contributed by atoms with Crippen LogP contribution < -0.4 is 11.1 Å². The third-order valence-electron chi connectivity index (χ3n) is 12.7. The van der Waals surface area contributed by atoms with Crippen LogP contribution in [0.2, 0.25) is 0 Å². The van der Waals surface area contributed by atoms with Crippen LogP contribution >= 0.6 is 21.6 Å². The number of aliphatic imine (C=N–C) groups is 1. The van der Waals surface area contributed by atoms with E-state index in [0.29, 0.717) is 36.3 Å². The van der Waals surface area contributed by atoms with E-state index in [1.807, 2.05) is 6.08 Å². The minimum Gasteiger partial charge on any atom is -0.478 e. The van der Waals surface area contributed by atoms with Crippen LogP contribution in [0.25, 0.3) is 0 Å². The fraction of sp³-hybridized carbons (Fsp3) is 0.705. The summed E-state index contributed by atoms with van der Waals surface area (Å²) in [6.07, 6.45) is 4.71. The summed E-state index contributed by atoms with van der Waals surface area (Å²) in [5.41, 5.74) is 7.82. The molecule has 3 fully saturated rings. The molecule has 0 amide bonds. The smallest absolute Gasteiger partial charge is 0.339 e. The van der Waals surface area contributed by atoms with Crippen LogP contribution in [0.5, 0.6) is 0 Å². The molecule has 6 aliphatic rings. The van der Waals surface area contributed by atoms with E-state index < -0.39 is 85.3 Å². The van der Waals surface area contributed by atoms with E-state index in [-0.39, 0.29) is 67.5 Å². The second-order valence-electron chi connectivity index (χ2n) is 17.5. The van der Waals surface area contributed by atoms with Crippen molar-refractivity contribution in [2.45, 2.75) is 120 Å². The van der Waals surface area contributed by atoms with Crippen molar-refractivity contribution in [1.29, 1.82) is 0 Å². The van der Waals surface area contributed by atoms with E-state index in [9.17, 15) is 50.4 Å². The summed E-state index contributed by atoms with van der Waals surface area (Å²) in [6.45, 7) is 2.26. The van der Waals surface area contributed by atoms with Crippen LogP contribution in [-0.4, -0.2) is 170 Å². The number of aliphatic carboxylic acids is 1. The molecule has 1 saturated heterocycles. The Morgan fingerprint density at radius 2 is 1.83 bits per heavy atom. The van der Waals surface area contributed by atoms with Gasteiger partial charge in [0.15, 0.2) is 18.4 Å². The molecule has 0 unspecified atom stereocenters. The van der Waals surface area contributed by atoms with Gasteiger partial charge >= 0.3 is 11.9 Å². The molecular weight excluding hydrogens is 889 g/mol. The number of ether oxygens (including phenoxy) is 5. The lowest BCUT2D eigenvalue weighted by Crippen LogP contribution is -2.69. The lowest BCUT2D eigenvalue weighted by Gasteiger charge is -2.48. The number of esters is 1. The van der Waals surface area contributed by atoms with Crippen molar-refractivity contribution in [1.82, 2.24) is 10.2 Å². The number of hydrogen-bond donors (Lipinski definition) is 10. The zero-order chi connectivity index (χ0) is 46.8. The third-order valence-corrected chi connectivity index (χ3v) is 15.2. The molecule has 0 spiro atoms. The predicted octanol–water partition coefficient (Wildman–Crippen LogP) is 0.986. The van der Waals surface area contributed by atoms with Crippen molar-refractivity contribution >= 4 is 39.5 Å². The standard InChI is InChI=1S/C44H66N4O15S2/c1-24(2)60-38-42(62-35(20-52)37(53)44(38,57)58)63-41-30(15-25-7-4-3-5-8-25)29-11-9-26-16-48(17-31(39(54)55)36(26)47-43(45)46-13-6-14-49)28(19-51)22-64-65-23-33-27(18-50)10-12-34(33)61-40(56)32(29)21-59-41/h9,11,15,17,21,24,27-30,33-35,37-38,41-42,49-53,57-58H,3-8,10,12-14,16,18-20,22-23H2,1-2H3,(H,54,55)(H3,45,46,47)/b11-9+/t27-,28-,29-,30+,33+,34+,35+,37+,38-,41-,42-/m0/s1. The molecule has 21 heteroatoms. The van der Waals surface area contributed by atoms with Crippen LogP contribution in [0.15, 0.2) is 63.7 Å². The number of nitrogens with two attached hydrogens (primary N) is 1. The van der Waals surface area contributed by atoms with E-state index in [1.165, 1.54) is 34.0 Å². The Morgan fingerprint density at radius 3 is 2.51 bits per heavy atom. The molecule has 0 radical (unpaired) electrons. The Hall–Kier alpha value is -3.19. The highest BCUT2D eigenvalue weighted by Crippen LogP contribution is 2.43. The fourth-order valence-electron chi connectivity index (χ4n) is 9.15. The number of aliphatic hydroxyl groups is 7. The number of guanidine groups is 1. The van der Waals surface area contributed by atoms with E-state index in [4.69, 9.17) is 29.4 Å². The maximum absolute atomic E-state index is 14.7. The van der Waals surface area contributed by atoms with Crippen molar-refractivity contribution in [3.05, 3.63) is 58.7 Å². The molecule has 19 nitrogen and oxygen atoms in total. The molecule has 11 N–H and O–H groups in total. The Bertz CT molecular complexity index is 1830. The number of nitrogens with one attached hydrogen (secondary N) is 1. The minimum absolute atomic E-state index is 0.0877. The number of fused-ring (bicyclic) bond motifs is 4. The van der Waals surface area contributed by atoms with Crippen LogP contribution in [0, 0.1) is 23.7 Å². The predicted molar refractivity (Wildman–Crippen MR) is 240 cm³/mol. The van der Waals surface area contributed by atoms with E-state index in [1.54, 1.807) is 30.9 Å². The monoisotopic (exact) mass is 954 g/mol. The van der Waals surface area contributed by atoms with Gasteiger partial charge in [0.1, 0.15) is 18.3 Å². The zero-order valence-electron chi connectivity index (χ0n) is 36.9. The SMILES string of the molecule is CC(C)O[C@H]1[C@H](O[C@@H]2OC=C3C(=O)O[C@@H]4CC[C@@H](CO)[C@H]4CSSC[C@H](CO)N4C=C(C(=O)O)C(NC(N)=NCCCO)=C(/C=C/[C@H]3[C@H]2C=C2CCCCC2)C4)O[C@H](CO)[C@@H](O)C1(O)O. The minimum atomic E-state index is -2.94. The van der Waals surface area contributed by atoms with Gasteiger partial charge in [-0.2, -0.15) is 0 Å². The Balaban J connectivity index is 1.51. The number of carboxylic acid groups (broad SMARTS) is 1. The summed E-state index contributed by atoms with van der Waals surface area (Å²) < 4.78 is 31.0. The first-order valence-electron chi connectivity index (χ1n) is 22.4. The van der Waals surface area contributed by atoms with Gasteiger partial charge in [-0.25, -0.2) is 9.59 Å². The van der Waals surface area contributed by atoms with Gasteiger partial charge in [0.25, 0.3) is 0 Å². The van der Waals surface area contributed by atoms with Gasteiger partial charge in [0, 0.05) is 55.8 Å². The number of rotatable bonds is 13. The lowest BCUT2D eigenvalue weighted by atomic mass is 9.80. The molecule has 2 bridgehead atoms. The Labute approximate surface area is 386 Å². The van der Waals surface area contributed by atoms with Crippen LogP contribution in [-0.2, 0) is 33.3 Å². The average molecular weight is 955 g/mol. The number of carboxylic acids is 1. The Morgan fingerprint density at radius 1 is 1.08 bits per heavy atom. The topological polar surface area (TPSA) is 296 Å². The molecule has 364 valence electrons. The molecular formula is C44H66N4O15S2. The molecule has 65 heavy (non-hydrogen) atoms. The molecule has 11 atom stereocenters. The molecule has 2 aliphatic carbocycles. The van der Waals surface area contributed by atoms with Gasteiger partial charge in [-0.05, 0) is 70.3 Å². The second-order valence-corrected chi connectivity index (χ2v) is 20.1.